The van der Waals surface area contributed by atoms with Crippen molar-refractivity contribution in [1.82, 2.24) is 9.97 Å². The van der Waals surface area contributed by atoms with Gasteiger partial charge in [-0.1, -0.05) is 11.6 Å². The van der Waals surface area contributed by atoms with Crippen LogP contribution in [0.25, 0.3) is 0 Å². The van der Waals surface area contributed by atoms with Gasteiger partial charge in [-0.3, -0.25) is 5.43 Å². The lowest BCUT2D eigenvalue weighted by molar-refractivity contribution is 0.373. The minimum absolute atomic E-state index is 0.0789. The third-order valence-corrected chi connectivity index (χ3v) is 2.44. The van der Waals surface area contributed by atoms with Crippen molar-refractivity contribution < 1.29 is 9.84 Å². The summed E-state index contributed by atoms with van der Waals surface area (Å²) in [5.74, 6) is 0.950. The van der Waals surface area contributed by atoms with Crippen molar-refractivity contribution in [2.75, 3.05) is 12.5 Å². The Morgan fingerprint density at radius 3 is 2.95 bits per heavy atom. The van der Waals surface area contributed by atoms with E-state index < -0.39 is 0 Å². The Bertz CT molecular complexity index is 604. The fourth-order valence-electron chi connectivity index (χ4n) is 1.34. The third kappa shape index (κ3) is 3.56. The van der Waals surface area contributed by atoms with Crippen molar-refractivity contribution in [3.05, 3.63) is 41.3 Å². The second-order valence-corrected chi connectivity index (χ2v) is 3.91. The largest absolute Gasteiger partial charge is 0.504 e. The molecule has 0 fully saturated rings. The van der Waals surface area contributed by atoms with Gasteiger partial charge in [-0.25, -0.2) is 9.97 Å². The molecule has 1 heterocycles. The molecule has 0 spiro atoms. The minimum Gasteiger partial charge on any atom is -0.504 e. The highest BCUT2D eigenvalue weighted by Crippen LogP contribution is 2.25. The minimum atomic E-state index is 0.0789. The Labute approximate surface area is 114 Å². The maximum atomic E-state index is 9.45. The number of nitrogens with zero attached hydrogens (tertiary/aromatic N) is 3. The maximum Gasteiger partial charge on any atom is 0.161 e. The number of hydrazone groups is 1. The van der Waals surface area contributed by atoms with E-state index in [1.54, 1.807) is 24.4 Å². The zero-order valence-electron chi connectivity index (χ0n) is 10.0. The standard InChI is InChI=1S/C12H11ClN4O2/c1-19-10-4-8(2-3-9(10)18)6-16-17-12-5-11(13)14-7-15-12/h2-7,18H,1H3,(H,14,15,17). The predicted molar refractivity (Wildman–Crippen MR) is 72.9 cm³/mol. The highest BCUT2D eigenvalue weighted by Gasteiger charge is 2.00. The Kier molecular flexibility index (Phi) is 4.15. The van der Waals surface area contributed by atoms with Crippen LogP contribution < -0.4 is 10.2 Å². The van der Waals surface area contributed by atoms with Crippen LogP contribution in [0.3, 0.4) is 0 Å². The summed E-state index contributed by atoms with van der Waals surface area (Å²) < 4.78 is 5.00. The topological polar surface area (TPSA) is 79.6 Å². The van der Waals surface area contributed by atoms with Crippen LogP contribution in [0.15, 0.2) is 35.7 Å². The van der Waals surface area contributed by atoms with Crippen LogP contribution in [0.2, 0.25) is 5.15 Å². The van der Waals surface area contributed by atoms with Crippen LogP contribution in [0, 0.1) is 0 Å². The number of ether oxygens (including phenoxy) is 1. The lowest BCUT2D eigenvalue weighted by Crippen LogP contribution is -1.94. The molecule has 0 aliphatic carbocycles. The van der Waals surface area contributed by atoms with Crippen LogP contribution in [0.4, 0.5) is 5.82 Å². The van der Waals surface area contributed by atoms with E-state index >= 15 is 0 Å². The Morgan fingerprint density at radius 2 is 2.21 bits per heavy atom. The summed E-state index contributed by atoms with van der Waals surface area (Å²) in [7, 11) is 1.48. The van der Waals surface area contributed by atoms with Crippen molar-refractivity contribution in [2.45, 2.75) is 0 Å². The molecule has 1 aromatic carbocycles. The summed E-state index contributed by atoms with van der Waals surface area (Å²) in [4.78, 5) is 7.69. The molecule has 0 amide bonds. The molecule has 98 valence electrons. The van der Waals surface area contributed by atoms with E-state index in [9.17, 15) is 5.11 Å². The van der Waals surface area contributed by atoms with Gasteiger partial charge in [0.05, 0.1) is 13.3 Å². The first-order chi connectivity index (χ1) is 9.19. The fraction of sp³-hybridized carbons (Fsp3) is 0.0833. The van der Waals surface area contributed by atoms with E-state index in [1.807, 2.05) is 0 Å². The third-order valence-electron chi connectivity index (χ3n) is 2.23. The normalized spacial score (nSPS) is 10.6. The van der Waals surface area contributed by atoms with Crippen molar-refractivity contribution >= 4 is 23.6 Å². The number of hydrogen-bond donors (Lipinski definition) is 2. The molecule has 2 aromatic rings. The Morgan fingerprint density at radius 1 is 1.37 bits per heavy atom. The zero-order valence-corrected chi connectivity index (χ0v) is 10.8. The molecular formula is C12H11ClN4O2. The number of halogens is 1. The summed E-state index contributed by atoms with van der Waals surface area (Å²) in [6.07, 6.45) is 2.90. The number of methoxy groups -OCH3 is 1. The second-order valence-electron chi connectivity index (χ2n) is 3.53. The van der Waals surface area contributed by atoms with Gasteiger partial charge in [-0.05, 0) is 23.8 Å². The fourth-order valence-corrected chi connectivity index (χ4v) is 1.49. The highest BCUT2D eigenvalue weighted by atomic mass is 35.5. The number of hydrogen-bond acceptors (Lipinski definition) is 6. The van der Waals surface area contributed by atoms with E-state index in [4.69, 9.17) is 16.3 Å². The number of nitrogens with one attached hydrogen (secondary N) is 1. The first kappa shape index (κ1) is 13.1. The smallest absolute Gasteiger partial charge is 0.161 e. The average molecular weight is 279 g/mol. The summed E-state index contributed by atoms with van der Waals surface area (Å²) in [6.45, 7) is 0. The summed E-state index contributed by atoms with van der Waals surface area (Å²) >= 11 is 5.71. The summed E-state index contributed by atoms with van der Waals surface area (Å²) in [5.41, 5.74) is 3.48. The lowest BCUT2D eigenvalue weighted by atomic mass is 10.2. The number of anilines is 1. The number of phenols is 1. The quantitative estimate of drug-likeness (QED) is 0.509. The molecule has 7 heteroatoms. The Hall–Kier alpha value is -2.34. The summed E-state index contributed by atoms with van der Waals surface area (Å²) in [6, 6.07) is 6.45. The monoisotopic (exact) mass is 278 g/mol. The van der Waals surface area contributed by atoms with Gasteiger partial charge in [0, 0.05) is 6.07 Å². The number of phenolic OH excluding ortho intramolecular Hbond substituents is 1. The van der Waals surface area contributed by atoms with Crippen LogP contribution in [-0.4, -0.2) is 28.4 Å². The molecule has 0 saturated heterocycles. The summed E-state index contributed by atoms with van der Waals surface area (Å²) in [5, 5.41) is 13.8. The second kappa shape index (κ2) is 6.01. The van der Waals surface area contributed by atoms with Crippen LogP contribution in [0.1, 0.15) is 5.56 Å². The molecule has 0 bridgehead atoms. The van der Waals surface area contributed by atoms with E-state index in [1.165, 1.54) is 19.5 Å². The van der Waals surface area contributed by atoms with Crippen LogP contribution in [0.5, 0.6) is 11.5 Å². The SMILES string of the molecule is COc1cc(C=NNc2cc(Cl)ncn2)ccc1O. The molecule has 0 saturated carbocycles. The zero-order chi connectivity index (χ0) is 13.7. The van der Waals surface area contributed by atoms with Gasteiger partial charge in [0.1, 0.15) is 11.5 Å². The molecule has 0 radical (unpaired) electrons. The van der Waals surface area contributed by atoms with Gasteiger partial charge in [0.15, 0.2) is 17.3 Å². The van der Waals surface area contributed by atoms with E-state index in [0.717, 1.165) is 5.56 Å². The molecule has 0 aliphatic heterocycles. The first-order valence-electron chi connectivity index (χ1n) is 5.32. The van der Waals surface area contributed by atoms with Gasteiger partial charge in [-0.15, -0.1) is 0 Å². The lowest BCUT2D eigenvalue weighted by Gasteiger charge is -2.03. The van der Waals surface area contributed by atoms with E-state index in [2.05, 4.69) is 20.5 Å². The molecule has 0 atom stereocenters. The number of rotatable bonds is 4. The van der Waals surface area contributed by atoms with Crippen molar-refractivity contribution in [3.63, 3.8) is 0 Å². The molecule has 2 N–H and O–H groups in total. The van der Waals surface area contributed by atoms with Gasteiger partial charge in [0.2, 0.25) is 0 Å². The van der Waals surface area contributed by atoms with E-state index in [0.29, 0.717) is 16.7 Å². The average Bonchev–Trinajstić information content (AvgIpc) is 2.41. The molecule has 0 aliphatic rings. The molecule has 6 nitrogen and oxygen atoms in total. The first-order valence-corrected chi connectivity index (χ1v) is 5.70. The van der Waals surface area contributed by atoms with Gasteiger partial charge in [-0.2, -0.15) is 5.10 Å². The van der Waals surface area contributed by atoms with Gasteiger partial charge < -0.3 is 9.84 Å². The molecule has 1 aromatic heterocycles. The Balaban J connectivity index is 2.07. The van der Waals surface area contributed by atoms with E-state index in [-0.39, 0.29) is 5.75 Å². The number of aromatic nitrogens is 2. The van der Waals surface area contributed by atoms with Gasteiger partial charge in [0.25, 0.3) is 0 Å². The predicted octanol–water partition coefficient (Wildman–Crippen LogP) is 2.29. The van der Waals surface area contributed by atoms with Gasteiger partial charge >= 0.3 is 0 Å². The van der Waals surface area contributed by atoms with Crippen molar-refractivity contribution in [2.24, 2.45) is 5.10 Å². The molecule has 19 heavy (non-hydrogen) atoms. The van der Waals surface area contributed by atoms with Crippen molar-refractivity contribution in [3.8, 4) is 11.5 Å². The number of benzene rings is 1. The van der Waals surface area contributed by atoms with Crippen molar-refractivity contribution in [1.29, 1.82) is 0 Å². The van der Waals surface area contributed by atoms with Crippen LogP contribution >= 0.6 is 11.6 Å². The number of aromatic hydroxyl groups is 1. The molecular weight excluding hydrogens is 268 g/mol. The van der Waals surface area contributed by atoms with Crippen LogP contribution in [-0.2, 0) is 0 Å². The molecule has 0 unspecified atom stereocenters. The molecule has 2 rings (SSSR count). The maximum absolute atomic E-state index is 9.45. The highest BCUT2D eigenvalue weighted by molar-refractivity contribution is 6.29.